The van der Waals surface area contributed by atoms with E-state index in [0.717, 1.165) is 25.9 Å². The first-order chi connectivity index (χ1) is 6.61. The van der Waals surface area contributed by atoms with E-state index in [1.54, 1.807) is 5.01 Å². The maximum atomic E-state index is 11.3. The van der Waals surface area contributed by atoms with Gasteiger partial charge >= 0.3 is 5.97 Å². The van der Waals surface area contributed by atoms with Crippen LogP contribution in [0, 0.1) is 5.92 Å². The molecule has 0 radical (unpaired) electrons. The Labute approximate surface area is 83.1 Å². The molecule has 0 aliphatic carbocycles. The van der Waals surface area contributed by atoms with Crippen molar-refractivity contribution in [3.05, 3.63) is 0 Å². The van der Waals surface area contributed by atoms with Crippen LogP contribution in [-0.2, 0) is 9.59 Å². The maximum Gasteiger partial charge on any atom is 0.315 e. The molecule has 1 aliphatic heterocycles. The SMILES string of the molecule is CC(C(=O)O)C(=O)NN1CCCCC1. The van der Waals surface area contributed by atoms with Gasteiger partial charge in [-0.05, 0) is 19.8 Å². The number of amides is 1. The number of hydrogen-bond donors (Lipinski definition) is 2. The molecule has 0 aromatic rings. The van der Waals surface area contributed by atoms with Gasteiger partial charge in [0.2, 0.25) is 5.91 Å². The Morgan fingerprint density at radius 3 is 2.36 bits per heavy atom. The zero-order valence-corrected chi connectivity index (χ0v) is 8.32. The van der Waals surface area contributed by atoms with Crippen LogP contribution in [0.2, 0.25) is 0 Å². The Balaban J connectivity index is 2.35. The Kier molecular flexibility index (Phi) is 3.88. The predicted octanol–water partition coefficient (Wildman–Crippen LogP) is 0.224. The molecule has 14 heavy (non-hydrogen) atoms. The van der Waals surface area contributed by atoms with Gasteiger partial charge in [0, 0.05) is 13.1 Å². The molecular formula is C9H16N2O3. The Morgan fingerprint density at radius 2 is 1.86 bits per heavy atom. The predicted molar refractivity (Wildman–Crippen MR) is 50.4 cm³/mol. The van der Waals surface area contributed by atoms with Crippen LogP contribution in [0.4, 0.5) is 0 Å². The highest BCUT2D eigenvalue weighted by Gasteiger charge is 2.22. The van der Waals surface area contributed by atoms with Crippen molar-refractivity contribution in [2.24, 2.45) is 5.92 Å². The second kappa shape index (κ2) is 4.95. The van der Waals surface area contributed by atoms with E-state index in [2.05, 4.69) is 5.43 Å². The highest BCUT2D eigenvalue weighted by molar-refractivity contribution is 5.96. The highest BCUT2D eigenvalue weighted by atomic mass is 16.4. The third-order valence-electron chi connectivity index (χ3n) is 2.39. The van der Waals surface area contributed by atoms with E-state index in [-0.39, 0.29) is 0 Å². The summed E-state index contributed by atoms with van der Waals surface area (Å²) in [6.07, 6.45) is 3.30. The number of hydrazine groups is 1. The van der Waals surface area contributed by atoms with Crippen LogP contribution in [0.1, 0.15) is 26.2 Å². The van der Waals surface area contributed by atoms with Crippen LogP contribution in [0.15, 0.2) is 0 Å². The fourth-order valence-corrected chi connectivity index (χ4v) is 1.37. The topological polar surface area (TPSA) is 69.6 Å². The number of carbonyl (C=O) groups is 2. The molecule has 5 heteroatoms. The molecule has 1 rings (SSSR count). The summed E-state index contributed by atoms with van der Waals surface area (Å²) in [6.45, 7) is 3.03. The first-order valence-electron chi connectivity index (χ1n) is 4.89. The fourth-order valence-electron chi connectivity index (χ4n) is 1.37. The Morgan fingerprint density at radius 1 is 1.29 bits per heavy atom. The first kappa shape index (κ1) is 11.0. The van der Waals surface area contributed by atoms with E-state index in [4.69, 9.17) is 5.11 Å². The van der Waals surface area contributed by atoms with Crippen molar-refractivity contribution < 1.29 is 14.7 Å². The number of carboxylic acids is 1. The first-order valence-corrected chi connectivity index (χ1v) is 4.89. The van der Waals surface area contributed by atoms with E-state index >= 15 is 0 Å². The molecule has 1 aliphatic rings. The van der Waals surface area contributed by atoms with Gasteiger partial charge in [0.1, 0.15) is 5.92 Å². The van der Waals surface area contributed by atoms with Crippen LogP contribution >= 0.6 is 0 Å². The normalized spacial score (nSPS) is 20.1. The minimum Gasteiger partial charge on any atom is -0.481 e. The average Bonchev–Trinajstić information content (AvgIpc) is 2.18. The van der Waals surface area contributed by atoms with Crippen molar-refractivity contribution >= 4 is 11.9 Å². The second-order valence-corrected chi connectivity index (χ2v) is 3.58. The molecule has 0 aromatic heterocycles. The monoisotopic (exact) mass is 200 g/mol. The average molecular weight is 200 g/mol. The van der Waals surface area contributed by atoms with Gasteiger partial charge < -0.3 is 5.11 Å². The lowest BCUT2D eigenvalue weighted by molar-refractivity contribution is -0.148. The fraction of sp³-hybridized carbons (Fsp3) is 0.778. The van der Waals surface area contributed by atoms with Gasteiger partial charge in [-0.3, -0.25) is 15.0 Å². The van der Waals surface area contributed by atoms with E-state index in [0.29, 0.717) is 0 Å². The molecule has 0 bridgehead atoms. The van der Waals surface area contributed by atoms with Crippen LogP contribution in [0.5, 0.6) is 0 Å². The molecule has 1 atom stereocenters. The summed E-state index contributed by atoms with van der Waals surface area (Å²) in [5.74, 6) is -2.49. The minimum atomic E-state index is -1.08. The Bertz CT molecular complexity index is 224. The standard InChI is InChI=1S/C9H16N2O3/c1-7(9(13)14)8(12)10-11-5-3-2-4-6-11/h7H,2-6H2,1H3,(H,10,12)(H,13,14). The summed E-state index contributed by atoms with van der Waals surface area (Å²) in [7, 11) is 0. The summed E-state index contributed by atoms with van der Waals surface area (Å²) in [5, 5.41) is 10.4. The summed E-state index contributed by atoms with van der Waals surface area (Å²) in [4.78, 5) is 21.8. The zero-order chi connectivity index (χ0) is 10.6. The lowest BCUT2D eigenvalue weighted by atomic mass is 10.1. The van der Waals surface area contributed by atoms with Crippen molar-refractivity contribution in [3.63, 3.8) is 0 Å². The van der Waals surface area contributed by atoms with Gasteiger partial charge in [-0.15, -0.1) is 0 Å². The number of carboxylic acid groups (broad SMARTS) is 1. The summed E-state index contributed by atoms with van der Waals surface area (Å²) >= 11 is 0. The number of aliphatic carboxylic acids is 1. The molecule has 1 unspecified atom stereocenters. The van der Waals surface area contributed by atoms with E-state index in [1.165, 1.54) is 13.3 Å². The van der Waals surface area contributed by atoms with Crippen LogP contribution in [-0.4, -0.2) is 35.1 Å². The summed E-state index contributed by atoms with van der Waals surface area (Å²) < 4.78 is 0. The number of nitrogens with one attached hydrogen (secondary N) is 1. The van der Waals surface area contributed by atoms with Gasteiger partial charge in [0.25, 0.3) is 0 Å². The lowest BCUT2D eigenvalue weighted by Gasteiger charge is -2.27. The minimum absolute atomic E-state index is 0.431. The molecule has 1 saturated heterocycles. The molecule has 1 heterocycles. The van der Waals surface area contributed by atoms with Gasteiger partial charge in [-0.2, -0.15) is 0 Å². The van der Waals surface area contributed by atoms with Crippen molar-refractivity contribution in [2.75, 3.05) is 13.1 Å². The van der Waals surface area contributed by atoms with E-state index < -0.39 is 17.8 Å². The summed E-state index contributed by atoms with van der Waals surface area (Å²) in [6, 6.07) is 0. The largest absolute Gasteiger partial charge is 0.481 e. The number of piperidine rings is 1. The van der Waals surface area contributed by atoms with Crippen molar-refractivity contribution in [3.8, 4) is 0 Å². The van der Waals surface area contributed by atoms with Crippen molar-refractivity contribution in [2.45, 2.75) is 26.2 Å². The third kappa shape index (κ3) is 2.99. The lowest BCUT2D eigenvalue weighted by Crippen LogP contribution is -2.48. The number of hydrogen-bond acceptors (Lipinski definition) is 3. The van der Waals surface area contributed by atoms with E-state index in [9.17, 15) is 9.59 Å². The second-order valence-electron chi connectivity index (χ2n) is 3.58. The zero-order valence-electron chi connectivity index (χ0n) is 8.32. The van der Waals surface area contributed by atoms with Crippen LogP contribution in [0.25, 0.3) is 0 Å². The molecule has 0 spiro atoms. The van der Waals surface area contributed by atoms with Gasteiger partial charge in [-0.1, -0.05) is 6.42 Å². The molecule has 2 N–H and O–H groups in total. The summed E-state index contributed by atoms with van der Waals surface area (Å²) in [5.41, 5.74) is 2.61. The smallest absolute Gasteiger partial charge is 0.315 e. The molecule has 1 amide bonds. The molecular weight excluding hydrogens is 184 g/mol. The molecule has 1 fully saturated rings. The van der Waals surface area contributed by atoms with Crippen molar-refractivity contribution in [1.29, 1.82) is 0 Å². The van der Waals surface area contributed by atoms with Gasteiger partial charge in [0.05, 0.1) is 0 Å². The highest BCUT2D eigenvalue weighted by Crippen LogP contribution is 2.06. The van der Waals surface area contributed by atoms with Gasteiger partial charge in [0.15, 0.2) is 0 Å². The van der Waals surface area contributed by atoms with E-state index in [1.807, 2.05) is 0 Å². The molecule has 80 valence electrons. The Hall–Kier alpha value is -1.10. The molecule has 0 saturated carbocycles. The number of carbonyl (C=O) groups excluding carboxylic acids is 1. The third-order valence-corrected chi connectivity index (χ3v) is 2.39. The van der Waals surface area contributed by atoms with Gasteiger partial charge in [-0.25, -0.2) is 5.01 Å². The van der Waals surface area contributed by atoms with Crippen LogP contribution < -0.4 is 5.43 Å². The quantitative estimate of drug-likeness (QED) is 0.639. The van der Waals surface area contributed by atoms with Crippen molar-refractivity contribution in [1.82, 2.24) is 10.4 Å². The molecule has 0 aromatic carbocycles. The van der Waals surface area contributed by atoms with Crippen LogP contribution in [0.3, 0.4) is 0 Å². The molecule has 5 nitrogen and oxygen atoms in total. The number of rotatable bonds is 3. The number of nitrogens with zero attached hydrogens (tertiary/aromatic N) is 1. The maximum absolute atomic E-state index is 11.3.